The summed E-state index contributed by atoms with van der Waals surface area (Å²) in [5, 5.41) is 14.7. The Labute approximate surface area is 126 Å². The molecule has 0 aromatic carbocycles. The molecule has 0 saturated carbocycles. The van der Waals surface area contributed by atoms with Gasteiger partial charge in [-0.15, -0.1) is 0 Å². The average Bonchev–Trinajstić information content (AvgIpc) is 2.95. The summed E-state index contributed by atoms with van der Waals surface area (Å²) in [5.41, 5.74) is 0.767. The van der Waals surface area contributed by atoms with Crippen LogP contribution in [0.2, 0.25) is 0 Å². The van der Waals surface area contributed by atoms with Crippen molar-refractivity contribution in [2.75, 3.05) is 17.2 Å². The summed E-state index contributed by atoms with van der Waals surface area (Å²) >= 11 is 0. The van der Waals surface area contributed by atoms with Crippen LogP contribution in [0.25, 0.3) is 11.0 Å². The van der Waals surface area contributed by atoms with Gasteiger partial charge in [0.25, 0.3) is 0 Å². The van der Waals surface area contributed by atoms with Crippen molar-refractivity contribution in [3.8, 4) is 0 Å². The summed E-state index contributed by atoms with van der Waals surface area (Å²) in [6.45, 7) is 9.66. The fraction of sp³-hybridized carbons (Fsp3) is 0.667. The number of hydrogen-bond donors (Lipinski definition) is 3. The summed E-state index contributed by atoms with van der Waals surface area (Å²) in [5.74, 6) is 2.13. The van der Waals surface area contributed by atoms with Crippen LogP contribution in [0.5, 0.6) is 0 Å². The lowest BCUT2D eigenvalue weighted by molar-refractivity contribution is 0.437. The number of aromatic amines is 1. The van der Waals surface area contributed by atoms with Crippen LogP contribution < -0.4 is 10.6 Å². The molecular formula is C15H26N6. The molecule has 0 aliphatic carbocycles. The largest absolute Gasteiger partial charge is 0.367 e. The molecule has 1 unspecified atom stereocenters. The maximum absolute atomic E-state index is 4.61. The van der Waals surface area contributed by atoms with Crippen LogP contribution in [0.3, 0.4) is 0 Å². The summed E-state index contributed by atoms with van der Waals surface area (Å²) in [4.78, 5) is 9.05. The van der Waals surface area contributed by atoms with Gasteiger partial charge in [0, 0.05) is 12.6 Å². The molecule has 2 aromatic heterocycles. The van der Waals surface area contributed by atoms with Crippen molar-refractivity contribution in [1.82, 2.24) is 20.2 Å². The van der Waals surface area contributed by atoms with E-state index in [2.05, 4.69) is 58.5 Å². The lowest BCUT2D eigenvalue weighted by atomic mass is 9.95. The van der Waals surface area contributed by atoms with Crippen molar-refractivity contribution in [3.05, 3.63) is 6.20 Å². The van der Waals surface area contributed by atoms with E-state index in [4.69, 9.17) is 0 Å². The van der Waals surface area contributed by atoms with Crippen molar-refractivity contribution >= 4 is 22.8 Å². The van der Waals surface area contributed by atoms with Crippen LogP contribution in [0.4, 0.5) is 11.8 Å². The number of hydrogen-bond acceptors (Lipinski definition) is 5. The second-order valence-corrected chi connectivity index (χ2v) is 5.46. The fourth-order valence-electron chi connectivity index (χ4n) is 2.59. The smallest absolute Gasteiger partial charge is 0.226 e. The van der Waals surface area contributed by atoms with Crippen LogP contribution in [0.15, 0.2) is 6.20 Å². The molecule has 2 heterocycles. The first-order valence-electron chi connectivity index (χ1n) is 7.91. The average molecular weight is 290 g/mol. The molecule has 0 aliphatic heterocycles. The third kappa shape index (κ3) is 3.62. The second-order valence-electron chi connectivity index (χ2n) is 5.46. The molecule has 0 bridgehead atoms. The maximum Gasteiger partial charge on any atom is 0.226 e. The lowest BCUT2D eigenvalue weighted by Gasteiger charge is -2.23. The normalized spacial score (nSPS) is 12.8. The van der Waals surface area contributed by atoms with Gasteiger partial charge in [0.2, 0.25) is 5.95 Å². The van der Waals surface area contributed by atoms with Gasteiger partial charge in [-0.2, -0.15) is 15.1 Å². The van der Waals surface area contributed by atoms with Crippen LogP contribution >= 0.6 is 0 Å². The Hall–Kier alpha value is -1.85. The molecule has 0 aliphatic rings. The molecule has 3 N–H and O–H groups in total. The minimum atomic E-state index is 0.368. The molecule has 0 saturated heterocycles. The first kappa shape index (κ1) is 15.5. The highest BCUT2D eigenvalue weighted by Crippen LogP contribution is 2.23. The molecule has 0 spiro atoms. The van der Waals surface area contributed by atoms with E-state index in [1.54, 1.807) is 6.20 Å². The molecule has 2 rings (SSSR count). The Balaban J connectivity index is 2.26. The zero-order valence-electron chi connectivity index (χ0n) is 13.4. The first-order valence-corrected chi connectivity index (χ1v) is 7.91. The lowest BCUT2D eigenvalue weighted by Crippen LogP contribution is -2.25. The van der Waals surface area contributed by atoms with Crippen molar-refractivity contribution < 1.29 is 0 Å². The second kappa shape index (κ2) is 7.24. The van der Waals surface area contributed by atoms with E-state index >= 15 is 0 Å². The third-order valence-electron chi connectivity index (χ3n) is 3.96. The quantitative estimate of drug-likeness (QED) is 0.694. The fourth-order valence-corrected chi connectivity index (χ4v) is 2.59. The number of fused-ring (bicyclic) bond motifs is 1. The summed E-state index contributed by atoms with van der Waals surface area (Å²) in [6, 6.07) is 0.368. The van der Waals surface area contributed by atoms with Crippen molar-refractivity contribution in [3.63, 3.8) is 0 Å². The Bertz CT molecular complexity index is 560. The number of anilines is 2. The third-order valence-corrected chi connectivity index (χ3v) is 3.96. The van der Waals surface area contributed by atoms with Crippen LogP contribution in [-0.4, -0.2) is 32.8 Å². The molecule has 0 radical (unpaired) electrons. The highest BCUT2D eigenvalue weighted by atomic mass is 15.2. The minimum absolute atomic E-state index is 0.368. The number of rotatable bonds is 8. The highest BCUT2D eigenvalue weighted by Gasteiger charge is 2.16. The van der Waals surface area contributed by atoms with Crippen molar-refractivity contribution in [1.29, 1.82) is 0 Å². The van der Waals surface area contributed by atoms with Gasteiger partial charge in [-0.05, 0) is 19.3 Å². The molecule has 0 fully saturated rings. The van der Waals surface area contributed by atoms with E-state index in [9.17, 15) is 0 Å². The number of aromatic nitrogens is 4. The predicted octanol–water partition coefficient (Wildman–Crippen LogP) is 3.41. The molecule has 1 atom stereocenters. The van der Waals surface area contributed by atoms with E-state index < -0.39 is 0 Å². The summed E-state index contributed by atoms with van der Waals surface area (Å²) in [6.07, 6.45) is 5.13. The number of nitrogens with one attached hydrogen (secondary N) is 3. The van der Waals surface area contributed by atoms with Gasteiger partial charge in [-0.25, -0.2) is 0 Å². The molecule has 6 heteroatoms. The summed E-state index contributed by atoms with van der Waals surface area (Å²) < 4.78 is 0. The Morgan fingerprint density at radius 3 is 2.62 bits per heavy atom. The molecule has 116 valence electrons. The van der Waals surface area contributed by atoms with Gasteiger partial charge in [-0.1, -0.05) is 33.6 Å². The van der Waals surface area contributed by atoms with Crippen LogP contribution in [0.1, 0.15) is 47.0 Å². The maximum atomic E-state index is 4.61. The Morgan fingerprint density at radius 1 is 1.19 bits per heavy atom. The molecule has 21 heavy (non-hydrogen) atoms. The number of nitrogens with zero attached hydrogens (tertiary/aromatic N) is 3. The zero-order chi connectivity index (χ0) is 15.2. The van der Waals surface area contributed by atoms with E-state index in [1.165, 1.54) is 0 Å². The topological polar surface area (TPSA) is 78.5 Å². The first-order chi connectivity index (χ1) is 10.2. The highest BCUT2D eigenvalue weighted by molar-refractivity contribution is 5.87. The van der Waals surface area contributed by atoms with Gasteiger partial charge in [0.05, 0.1) is 11.6 Å². The molecule has 2 aromatic rings. The Kier molecular flexibility index (Phi) is 5.36. The monoisotopic (exact) mass is 290 g/mol. The van der Waals surface area contributed by atoms with Crippen molar-refractivity contribution in [2.24, 2.45) is 5.92 Å². The van der Waals surface area contributed by atoms with Gasteiger partial charge in [0.1, 0.15) is 5.82 Å². The van der Waals surface area contributed by atoms with Crippen molar-refractivity contribution in [2.45, 2.75) is 53.0 Å². The Morgan fingerprint density at radius 2 is 1.95 bits per heavy atom. The zero-order valence-corrected chi connectivity index (χ0v) is 13.4. The van der Waals surface area contributed by atoms with Gasteiger partial charge >= 0.3 is 0 Å². The SMILES string of the molecule is CCCNc1nc(NC(C)C(CC)CC)c2cn[nH]c2n1. The van der Waals surface area contributed by atoms with E-state index in [0.717, 1.165) is 42.7 Å². The van der Waals surface area contributed by atoms with E-state index in [1.807, 2.05) is 0 Å². The predicted molar refractivity (Wildman–Crippen MR) is 87.6 cm³/mol. The molecule has 0 amide bonds. The minimum Gasteiger partial charge on any atom is -0.367 e. The van der Waals surface area contributed by atoms with Crippen LogP contribution in [-0.2, 0) is 0 Å². The standard InChI is InChI=1S/C15H26N6/c1-5-8-16-15-19-13(12-9-17-21-14(12)20-15)18-10(4)11(6-2)7-3/h9-11H,5-8H2,1-4H3,(H3,16,17,18,19,20,21). The molecule has 6 nitrogen and oxygen atoms in total. The van der Waals surface area contributed by atoms with Gasteiger partial charge in [-0.3, -0.25) is 5.10 Å². The van der Waals surface area contributed by atoms with Gasteiger partial charge < -0.3 is 10.6 Å². The van der Waals surface area contributed by atoms with E-state index in [-0.39, 0.29) is 0 Å². The van der Waals surface area contributed by atoms with Crippen LogP contribution in [0, 0.1) is 5.92 Å². The number of H-pyrrole nitrogens is 1. The molecular weight excluding hydrogens is 264 g/mol. The summed E-state index contributed by atoms with van der Waals surface area (Å²) in [7, 11) is 0. The van der Waals surface area contributed by atoms with Gasteiger partial charge in [0.15, 0.2) is 5.65 Å². The van der Waals surface area contributed by atoms with E-state index in [0.29, 0.717) is 17.9 Å².